The average Bonchev–Trinajstić information content (AvgIpc) is 2.68. The summed E-state index contributed by atoms with van der Waals surface area (Å²) in [7, 11) is 0. The Balaban J connectivity index is 1.84. The molecule has 0 unspecified atom stereocenters. The number of rotatable bonds is 5. The highest BCUT2D eigenvalue weighted by atomic mass is 19.4. The molecule has 6 nitrogen and oxygen atoms in total. The van der Waals surface area contributed by atoms with Crippen LogP contribution in [0.2, 0.25) is 0 Å². The zero-order valence-electron chi connectivity index (χ0n) is 15.8. The Kier molecular flexibility index (Phi) is 6.04. The molecule has 0 radical (unpaired) electrons. The molecule has 0 atom stereocenters. The lowest BCUT2D eigenvalue weighted by Crippen LogP contribution is -2.43. The van der Waals surface area contributed by atoms with E-state index in [1.165, 1.54) is 24.1 Å². The SMILES string of the molecule is CC(=O)NCCN1C(=O)COc2ccc(N=Cc3ccc(F)c(C(F)(F)F)c3)cc21. The van der Waals surface area contributed by atoms with Gasteiger partial charge in [0, 0.05) is 26.2 Å². The number of fused-ring (bicyclic) bond motifs is 1. The Morgan fingerprint density at radius 2 is 2.03 bits per heavy atom. The minimum Gasteiger partial charge on any atom is -0.482 e. The molecule has 10 heteroatoms. The summed E-state index contributed by atoms with van der Waals surface area (Å²) in [6.45, 7) is 1.67. The third-order valence-electron chi connectivity index (χ3n) is 4.25. The van der Waals surface area contributed by atoms with Crippen LogP contribution in [0, 0.1) is 5.82 Å². The number of nitrogens with one attached hydrogen (secondary N) is 1. The molecule has 0 fully saturated rings. The highest BCUT2D eigenvalue weighted by Gasteiger charge is 2.34. The van der Waals surface area contributed by atoms with E-state index in [1.807, 2.05) is 0 Å². The van der Waals surface area contributed by atoms with Gasteiger partial charge in [-0.25, -0.2) is 4.39 Å². The van der Waals surface area contributed by atoms with Crippen molar-refractivity contribution in [2.24, 2.45) is 4.99 Å². The molecule has 2 aromatic rings. The second-order valence-electron chi connectivity index (χ2n) is 6.46. The largest absolute Gasteiger partial charge is 0.482 e. The Hall–Kier alpha value is -3.43. The number of carbonyl (C=O) groups excluding carboxylic acids is 2. The van der Waals surface area contributed by atoms with E-state index in [0.717, 1.165) is 6.07 Å². The molecule has 2 amide bonds. The molecule has 1 heterocycles. The Morgan fingerprint density at radius 1 is 1.27 bits per heavy atom. The van der Waals surface area contributed by atoms with Gasteiger partial charge >= 0.3 is 6.18 Å². The number of halogens is 4. The van der Waals surface area contributed by atoms with Gasteiger partial charge in [0.2, 0.25) is 5.91 Å². The van der Waals surface area contributed by atoms with Gasteiger partial charge in [0.25, 0.3) is 5.91 Å². The quantitative estimate of drug-likeness (QED) is 0.592. The van der Waals surface area contributed by atoms with Crippen molar-refractivity contribution in [1.29, 1.82) is 0 Å². The van der Waals surface area contributed by atoms with E-state index >= 15 is 0 Å². The zero-order valence-corrected chi connectivity index (χ0v) is 15.8. The fourth-order valence-electron chi connectivity index (χ4n) is 2.85. The van der Waals surface area contributed by atoms with Crippen LogP contribution in [0.3, 0.4) is 0 Å². The molecule has 1 N–H and O–H groups in total. The molecule has 1 aliphatic heterocycles. The van der Waals surface area contributed by atoms with Crippen LogP contribution in [-0.2, 0) is 15.8 Å². The number of nitrogens with zero attached hydrogens (tertiary/aromatic N) is 2. The number of ether oxygens (including phenoxy) is 1. The predicted molar refractivity (Wildman–Crippen MR) is 102 cm³/mol. The monoisotopic (exact) mass is 423 g/mol. The van der Waals surface area contributed by atoms with Gasteiger partial charge in [-0.2, -0.15) is 13.2 Å². The lowest BCUT2D eigenvalue weighted by molar-refractivity contribution is -0.140. The van der Waals surface area contributed by atoms with E-state index in [-0.39, 0.29) is 37.1 Å². The number of hydrogen-bond donors (Lipinski definition) is 1. The van der Waals surface area contributed by atoms with E-state index < -0.39 is 17.6 Å². The number of aliphatic imine (C=N–C) groups is 1. The Bertz CT molecular complexity index is 1010. The van der Waals surface area contributed by atoms with Crippen LogP contribution in [0.5, 0.6) is 5.75 Å². The van der Waals surface area contributed by atoms with Gasteiger partial charge in [0.05, 0.1) is 16.9 Å². The number of benzene rings is 2. The summed E-state index contributed by atoms with van der Waals surface area (Å²) in [6, 6.07) is 7.29. The Labute approximate surface area is 169 Å². The molecule has 0 saturated heterocycles. The maximum Gasteiger partial charge on any atom is 0.419 e. The summed E-state index contributed by atoms with van der Waals surface area (Å²) in [5.74, 6) is -1.45. The van der Waals surface area contributed by atoms with Crippen molar-refractivity contribution >= 4 is 29.4 Å². The summed E-state index contributed by atoms with van der Waals surface area (Å²) in [6.07, 6.45) is -3.64. The van der Waals surface area contributed by atoms with Crippen molar-refractivity contribution in [2.45, 2.75) is 13.1 Å². The highest BCUT2D eigenvalue weighted by molar-refractivity contribution is 5.98. The van der Waals surface area contributed by atoms with Crippen molar-refractivity contribution in [2.75, 3.05) is 24.6 Å². The van der Waals surface area contributed by atoms with Crippen molar-refractivity contribution in [3.63, 3.8) is 0 Å². The number of anilines is 1. The fourth-order valence-corrected chi connectivity index (χ4v) is 2.85. The molecular formula is C20H17F4N3O3. The molecule has 3 rings (SSSR count). The van der Waals surface area contributed by atoms with Crippen LogP contribution in [0.1, 0.15) is 18.1 Å². The topological polar surface area (TPSA) is 71.0 Å². The van der Waals surface area contributed by atoms with Crippen LogP contribution in [0.15, 0.2) is 41.4 Å². The normalized spacial score (nSPS) is 13.9. The second-order valence-corrected chi connectivity index (χ2v) is 6.46. The van der Waals surface area contributed by atoms with Crippen molar-refractivity contribution in [3.05, 3.63) is 53.3 Å². The second kappa shape index (κ2) is 8.52. The first kappa shape index (κ1) is 21.3. The van der Waals surface area contributed by atoms with Crippen LogP contribution in [-0.4, -0.2) is 37.7 Å². The van der Waals surface area contributed by atoms with Gasteiger partial charge < -0.3 is 15.0 Å². The third kappa shape index (κ3) is 4.94. The minimum atomic E-state index is -4.81. The predicted octanol–water partition coefficient (Wildman–Crippen LogP) is 3.46. The van der Waals surface area contributed by atoms with Crippen LogP contribution in [0.25, 0.3) is 0 Å². The lowest BCUT2D eigenvalue weighted by atomic mass is 10.1. The smallest absolute Gasteiger partial charge is 0.419 e. The van der Waals surface area contributed by atoms with Crippen LogP contribution in [0.4, 0.5) is 28.9 Å². The maximum atomic E-state index is 13.4. The lowest BCUT2D eigenvalue weighted by Gasteiger charge is -2.29. The number of amides is 2. The van der Waals surface area contributed by atoms with Crippen LogP contribution < -0.4 is 15.0 Å². The van der Waals surface area contributed by atoms with Gasteiger partial charge in [0.1, 0.15) is 11.6 Å². The molecule has 0 bridgehead atoms. The molecule has 30 heavy (non-hydrogen) atoms. The molecule has 0 saturated carbocycles. The van der Waals surface area contributed by atoms with Gasteiger partial charge in [-0.1, -0.05) is 6.07 Å². The van der Waals surface area contributed by atoms with Crippen molar-refractivity contribution < 1.29 is 31.9 Å². The highest BCUT2D eigenvalue weighted by Crippen LogP contribution is 2.35. The first-order valence-electron chi connectivity index (χ1n) is 8.87. The third-order valence-corrected chi connectivity index (χ3v) is 4.25. The minimum absolute atomic E-state index is 0.0660. The van der Waals surface area contributed by atoms with Gasteiger partial charge in [-0.3, -0.25) is 14.6 Å². The molecule has 0 spiro atoms. The molecule has 2 aromatic carbocycles. The van der Waals surface area contributed by atoms with E-state index in [9.17, 15) is 27.2 Å². The number of hydrogen-bond acceptors (Lipinski definition) is 4. The average molecular weight is 423 g/mol. The summed E-state index contributed by atoms with van der Waals surface area (Å²) >= 11 is 0. The Morgan fingerprint density at radius 3 is 2.73 bits per heavy atom. The molecule has 158 valence electrons. The molecule has 0 aliphatic carbocycles. The summed E-state index contributed by atoms with van der Waals surface area (Å²) in [5.41, 5.74) is -0.521. The van der Waals surface area contributed by atoms with Crippen molar-refractivity contribution in [3.8, 4) is 5.75 Å². The summed E-state index contributed by atoms with van der Waals surface area (Å²) in [4.78, 5) is 28.8. The molecule has 0 aromatic heterocycles. The first-order chi connectivity index (χ1) is 14.1. The fraction of sp³-hybridized carbons (Fsp3) is 0.250. The maximum absolute atomic E-state index is 13.4. The van der Waals surface area contributed by atoms with E-state index in [1.54, 1.807) is 18.2 Å². The van der Waals surface area contributed by atoms with Gasteiger partial charge in [-0.15, -0.1) is 0 Å². The van der Waals surface area contributed by atoms with E-state index in [2.05, 4.69) is 10.3 Å². The van der Waals surface area contributed by atoms with Crippen LogP contribution >= 0.6 is 0 Å². The van der Waals surface area contributed by atoms with E-state index in [4.69, 9.17) is 4.74 Å². The molecule has 1 aliphatic rings. The van der Waals surface area contributed by atoms with Gasteiger partial charge in [-0.05, 0) is 35.9 Å². The number of carbonyl (C=O) groups is 2. The standard InChI is InChI=1S/C20H17F4N3O3/c1-12(28)25-6-7-27-17-9-14(3-5-18(17)30-11-19(27)29)26-10-13-2-4-16(21)15(8-13)20(22,23)24/h2-5,8-10H,6-7,11H2,1H3,(H,25,28). The molecular weight excluding hydrogens is 406 g/mol. The number of alkyl halides is 3. The van der Waals surface area contributed by atoms with E-state index in [0.29, 0.717) is 23.2 Å². The zero-order chi connectivity index (χ0) is 21.9. The first-order valence-corrected chi connectivity index (χ1v) is 8.87. The van der Waals surface area contributed by atoms with Crippen molar-refractivity contribution in [1.82, 2.24) is 5.32 Å². The summed E-state index contributed by atoms with van der Waals surface area (Å²) < 4.78 is 57.3. The summed E-state index contributed by atoms with van der Waals surface area (Å²) in [5, 5.41) is 2.60. The van der Waals surface area contributed by atoms with Gasteiger partial charge in [0.15, 0.2) is 6.61 Å².